The van der Waals surface area contributed by atoms with E-state index in [1.54, 1.807) is 11.8 Å². The Morgan fingerprint density at radius 2 is 2.14 bits per heavy atom. The summed E-state index contributed by atoms with van der Waals surface area (Å²) in [5.41, 5.74) is 5.80. The fourth-order valence-corrected chi connectivity index (χ4v) is 3.80. The number of nitrogen functional groups attached to an aromatic ring is 1. The number of anilines is 1. The molecule has 0 aliphatic heterocycles. The number of aromatic nitrogens is 2. The van der Waals surface area contributed by atoms with Gasteiger partial charge in [0.25, 0.3) is 0 Å². The maximum atomic E-state index is 12.8. The van der Waals surface area contributed by atoms with Crippen molar-refractivity contribution < 1.29 is 13.2 Å². The molecule has 1 rings (SSSR count). The summed E-state index contributed by atoms with van der Waals surface area (Å²) >= 11 is 0. The van der Waals surface area contributed by atoms with Gasteiger partial charge in [0.05, 0.1) is 6.61 Å². The molecule has 122 valence electrons. The Morgan fingerprint density at radius 3 is 2.67 bits per heavy atom. The van der Waals surface area contributed by atoms with Gasteiger partial charge in [0.1, 0.15) is 4.90 Å². The normalized spacial score (nSPS) is 13.8. The van der Waals surface area contributed by atoms with E-state index >= 15 is 0 Å². The van der Waals surface area contributed by atoms with Gasteiger partial charge in [0.15, 0.2) is 5.82 Å². The highest BCUT2D eigenvalue weighted by molar-refractivity contribution is 7.89. The predicted molar refractivity (Wildman–Crippen MR) is 82.5 cm³/mol. The van der Waals surface area contributed by atoms with E-state index in [0.29, 0.717) is 26.1 Å². The van der Waals surface area contributed by atoms with Crippen LogP contribution in [0, 0.1) is 0 Å². The van der Waals surface area contributed by atoms with Gasteiger partial charge in [-0.15, -0.1) is 0 Å². The third-order valence-electron chi connectivity index (χ3n) is 3.39. The molecule has 0 aliphatic carbocycles. The number of nitrogens with zero attached hydrogens (tertiary/aromatic N) is 3. The first-order valence-electron chi connectivity index (χ1n) is 7.22. The molecule has 0 aliphatic rings. The Hall–Kier alpha value is -1.12. The molecule has 1 aromatic heterocycles. The van der Waals surface area contributed by atoms with Gasteiger partial charge in [0, 0.05) is 32.4 Å². The quantitative estimate of drug-likeness (QED) is 0.741. The largest absolute Gasteiger partial charge is 0.383 e. The standard InChI is InChI=1S/C13H26N4O3S/c1-5-7-16-10-12(13(14)15-16)21(18,19)17(8-9-20-4)11(3)6-2/h10-11H,5-9H2,1-4H3,(H2,14,15). The van der Waals surface area contributed by atoms with Crippen LogP contribution in [0.4, 0.5) is 5.82 Å². The summed E-state index contributed by atoms with van der Waals surface area (Å²) in [6.07, 6.45) is 3.08. The van der Waals surface area contributed by atoms with Crippen molar-refractivity contribution in [2.75, 3.05) is 26.0 Å². The number of hydrogen-bond acceptors (Lipinski definition) is 5. The first kappa shape index (κ1) is 17.9. The number of aryl methyl sites for hydroxylation is 1. The molecular weight excluding hydrogens is 292 g/mol. The van der Waals surface area contributed by atoms with Crippen molar-refractivity contribution >= 4 is 15.8 Å². The molecular formula is C13H26N4O3S. The van der Waals surface area contributed by atoms with Gasteiger partial charge in [-0.05, 0) is 19.8 Å². The SMILES string of the molecule is CCCn1cc(S(=O)(=O)N(CCOC)C(C)CC)c(N)n1. The van der Waals surface area contributed by atoms with Crippen molar-refractivity contribution in [1.82, 2.24) is 14.1 Å². The topological polar surface area (TPSA) is 90.5 Å². The van der Waals surface area contributed by atoms with Crippen molar-refractivity contribution in [2.45, 2.75) is 51.1 Å². The second-order valence-electron chi connectivity index (χ2n) is 5.01. The fourth-order valence-electron chi connectivity index (χ4n) is 2.05. The molecule has 0 bridgehead atoms. The van der Waals surface area contributed by atoms with Crippen LogP contribution in [0.15, 0.2) is 11.1 Å². The molecule has 0 saturated heterocycles. The van der Waals surface area contributed by atoms with Gasteiger partial charge < -0.3 is 10.5 Å². The highest BCUT2D eigenvalue weighted by atomic mass is 32.2. The van der Waals surface area contributed by atoms with E-state index in [0.717, 1.165) is 6.42 Å². The lowest BCUT2D eigenvalue weighted by Crippen LogP contribution is -2.40. The van der Waals surface area contributed by atoms with E-state index in [2.05, 4.69) is 5.10 Å². The van der Waals surface area contributed by atoms with Crippen LogP contribution in [0.3, 0.4) is 0 Å². The maximum absolute atomic E-state index is 12.8. The Morgan fingerprint density at radius 1 is 1.48 bits per heavy atom. The highest BCUT2D eigenvalue weighted by Gasteiger charge is 2.31. The average Bonchev–Trinajstić information content (AvgIpc) is 2.80. The third-order valence-corrected chi connectivity index (χ3v) is 5.42. The number of nitrogens with two attached hydrogens (primary N) is 1. The molecule has 8 heteroatoms. The molecule has 0 amide bonds. The Balaban J connectivity index is 3.15. The maximum Gasteiger partial charge on any atom is 0.248 e. The second-order valence-corrected chi connectivity index (χ2v) is 6.87. The number of sulfonamides is 1. The Bertz CT molecular complexity index is 542. The summed E-state index contributed by atoms with van der Waals surface area (Å²) in [5, 5.41) is 4.07. The highest BCUT2D eigenvalue weighted by Crippen LogP contribution is 2.23. The van der Waals surface area contributed by atoms with E-state index in [4.69, 9.17) is 10.5 Å². The van der Waals surface area contributed by atoms with Crippen LogP contribution in [0.2, 0.25) is 0 Å². The number of ether oxygens (including phenoxy) is 1. The van der Waals surface area contributed by atoms with Gasteiger partial charge in [0.2, 0.25) is 10.0 Å². The fraction of sp³-hybridized carbons (Fsp3) is 0.769. The van der Waals surface area contributed by atoms with E-state index in [1.165, 1.54) is 10.5 Å². The minimum absolute atomic E-state index is 0.0502. The van der Waals surface area contributed by atoms with Crippen LogP contribution in [0.25, 0.3) is 0 Å². The summed E-state index contributed by atoms with van der Waals surface area (Å²) in [7, 11) is -2.12. The summed E-state index contributed by atoms with van der Waals surface area (Å²) in [4.78, 5) is 0.0763. The zero-order valence-electron chi connectivity index (χ0n) is 13.2. The molecule has 0 radical (unpaired) electrons. The number of methoxy groups -OCH3 is 1. The molecule has 0 spiro atoms. The van der Waals surface area contributed by atoms with Crippen molar-refractivity contribution in [1.29, 1.82) is 0 Å². The molecule has 1 aromatic rings. The van der Waals surface area contributed by atoms with E-state index in [-0.39, 0.29) is 16.8 Å². The molecule has 1 unspecified atom stereocenters. The van der Waals surface area contributed by atoms with E-state index < -0.39 is 10.0 Å². The zero-order chi connectivity index (χ0) is 16.0. The van der Waals surface area contributed by atoms with Crippen molar-refractivity contribution in [3.05, 3.63) is 6.20 Å². The first-order chi connectivity index (χ1) is 9.88. The van der Waals surface area contributed by atoms with Crippen molar-refractivity contribution in [3.8, 4) is 0 Å². The average molecular weight is 318 g/mol. The Kier molecular flexibility index (Phi) is 6.63. The smallest absolute Gasteiger partial charge is 0.248 e. The summed E-state index contributed by atoms with van der Waals surface area (Å²) in [5.74, 6) is 0.0502. The summed E-state index contributed by atoms with van der Waals surface area (Å²) < 4.78 is 33.6. The number of hydrogen-bond donors (Lipinski definition) is 1. The molecule has 21 heavy (non-hydrogen) atoms. The molecule has 0 aromatic carbocycles. The van der Waals surface area contributed by atoms with E-state index in [1.807, 2.05) is 20.8 Å². The van der Waals surface area contributed by atoms with E-state index in [9.17, 15) is 8.42 Å². The molecule has 0 saturated carbocycles. The monoisotopic (exact) mass is 318 g/mol. The van der Waals surface area contributed by atoms with Crippen LogP contribution in [-0.4, -0.2) is 48.8 Å². The summed E-state index contributed by atoms with van der Waals surface area (Å²) in [6, 6.07) is -0.126. The third kappa shape index (κ3) is 4.18. The number of rotatable bonds is 9. The van der Waals surface area contributed by atoms with Gasteiger partial charge in [-0.25, -0.2) is 8.42 Å². The molecule has 2 N–H and O–H groups in total. The summed E-state index contributed by atoms with van der Waals surface area (Å²) in [6.45, 7) is 7.10. The van der Waals surface area contributed by atoms with Gasteiger partial charge >= 0.3 is 0 Å². The minimum atomic E-state index is -3.67. The lowest BCUT2D eigenvalue weighted by Gasteiger charge is -2.26. The molecule has 1 atom stereocenters. The lowest BCUT2D eigenvalue weighted by atomic mass is 10.3. The van der Waals surface area contributed by atoms with Gasteiger partial charge in [-0.3, -0.25) is 4.68 Å². The first-order valence-corrected chi connectivity index (χ1v) is 8.66. The van der Waals surface area contributed by atoms with Crippen molar-refractivity contribution in [2.24, 2.45) is 0 Å². The van der Waals surface area contributed by atoms with Crippen LogP contribution in [0.1, 0.15) is 33.6 Å². The van der Waals surface area contributed by atoms with Crippen LogP contribution >= 0.6 is 0 Å². The molecule has 1 heterocycles. The Labute approximate surface area is 127 Å². The molecule has 0 fully saturated rings. The molecule has 7 nitrogen and oxygen atoms in total. The van der Waals surface area contributed by atoms with Gasteiger partial charge in [-0.1, -0.05) is 13.8 Å². The van der Waals surface area contributed by atoms with Crippen LogP contribution in [0.5, 0.6) is 0 Å². The zero-order valence-corrected chi connectivity index (χ0v) is 14.1. The lowest BCUT2D eigenvalue weighted by molar-refractivity contribution is 0.167. The van der Waals surface area contributed by atoms with Crippen molar-refractivity contribution in [3.63, 3.8) is 0 Å². The van der Waals surface area contributed by atoms with Crippen LogP contribution in [-0.2, 0) is 21.3 Å². The van der Waals surface area contributed by atoms with Gasteiger partial charge in [-0.2, -0.15) is 9.40 Å². The predicted octanol–water partition coefficient (Wildman–Crippen LogP) is 1.31. The van der Waals surface area contributed by atoms with Crippen LogP contribution < -0.4 is 5.73 Å². The minimum Gasteiger partial charge on any atom is -0.383 e. The second kappa shape index (κ2) is 7.77.